The lowest BCUT2D eigenvalue weighted by Crippen LogP contribution is -2.35. The highest BCUT2D eigenvalue weighted by Crippen LogP contribution is 2.47. The third-order valence-electron chi connectivity index (χ3n) is 4.63. The second-order valence-corrected chi connectivity index (χ2v) is 6.20. The molecule has 1 aromatic carbocycles. The molecule has 0 saturated heterocycles. The summed E-state index contributed by atoms with van der Waals surface area (Å²) in [5.74, 6) is 0.380. The highest BCUT2D eigenvalue weighted by atomic mass is 19.1. The molecule has 1 aromatic rings. The first-order valence-electron chi connectivity index (χ1n) is 7.80. The predicted molar refractivity (Wildman–Crippen MR) is 76.9 cm³/mol. The Bertz CT molecular complexity index is 462. The molecule has 1 amide bonds. The van der Waals surface area contributed by atoms with Gasteiger partial charge in [0.05, 0.1) is 0 Å². The van der Waals surface area contributed by atoms with E-state index >= 15 is 0 Å². The van der Waals surface area contributed by atoms with Gasteiger partial charge in [0.1, 0.15) is 5.82 Å². The summed E-state index contributed by atoms with van der Waals surface area (Å²) >= 11 is 0. The molecule has 0 aromatic heterocycles. The van der Waals surface area contributed by atoms with Gasteiger partial charge in [-0.2, -0.15) is 0 Å². The molecule has 2 fully saturated rings. The minimum Gasteiger partial charge on any atom is -0.353 e. The summed E-state index contributed by atoms with van der Waals surface area (Å²) in [6.07, 6.45) is 8.22. The van der Waals surface area contributed by atoms with Crippen LogP contribution < -0.4 is 5.32 Å². The molecule has 2 aliphatic rings. The van der Waals surface area contributed by atoms with E-state index < -0.39 is 0 Å². The SMILES string of the molecule is O=C(NC1CCCCCC1)C1CC1c1ccc(F)cc1. The van der Waals surface area contributed by atoms with Crippen molar-refractivity contribution in [1.82, 2.24) is 5.32 Å². The van der Waals surface area contributed by atoms with Crippen LogP contribution in [0.5, 0.6) is 0 Å². The van der Waals surface area contributed by atoms with Crippen LogP contribution in [-0.2, 0) is 4.79 Å². The van der Waals surface area contributed by atoms with Gasteiger partial charge in [-0.3, -0.25) is 4.79 Å². The van der Waals surface area contributed by atoms with Crippen LogP contribution in [-0.4, -0.2) is 11.9 Å². The first-order chi connectivity index (χ1) is 9.74. The molecule has 108 valence electrons. The summed E-state index contributed by atoms with van der Waals surface area (Å²) in [4.78, 5) is 12.3. The summed E-state index contributed by atoms with van der Waals surface area (Å²) in [7, 11) is 0. The van der Waals surface area contributed by atoms with Gasteiger partial charge >= 0.3 is 0 Å². The normalized spacial score (nSPS) is 26.9. The summed E-state index contributed by atoms with van der Waals surface area (Å²) in [6.45, 7) is 0. The van der Waals surface area contributed by atoms with Crippen LogP contribution in [0.2, 0.25) is 0 Å². The van der Waals surface area contributed by atoms with E-state index in [4.69, 9.17) is 0 Å². The number of hydrogen-bond acceptors (Lipinski definition) is 1. The van der Waals surface area contributed by atoms with Crippen molar-refractivity contribution in [3.05, 3.63) is 35.6 Å². The van der Waals surface area contributed by atoms with Crippen molar-refractivity contribution in [2.75, 3.05) is 0 Å². The minimum absolute atomic E-state index is 0.101. The second kappa shape index (κ2) is 5.94. The van der Waals surface area contributed by atoms with Crippen LogP contribution in [0.1, 0.15) is 56.4 Å². The van der Waals surface area contributed by atoms with E-state index in [1.807, 2.05) is 0 Å². The van der Waals surface area contributed by atoms with E-state index in [1.165, 1.54) is 37.8 Å². The summed E-state index contributed by atoms with van der Waals surface area (Å²) in [5.41, 5.74) is 1.09. The number of halogens is 1. The van der Waals surface area contributed by atoms with Gasteiger partial charge in [-0.25, -0.2) is 4.39 Å². The molecule has 0 bridgehead atoms. The fourth-order valence-electron chi connectivity index (χ4n) is 3.30. The Hall–Kier alpha value is -1.38. The van der Waals surface area contributed by atoms with Crippen LogP contribution in [0.3, 0.4) is 0 Å². The lowest BCUT2D eigenvalue weighted by atomic mass is 10.1. The first kappa shape index (κ1) is 13.6. The molecule has 2 saturated carbocycles. The van der Waals surface area contributed by atoms with E-state index in [-0.39, 0.29) is 17.6 Å². The van der Waals surface area contributed by atoms with Crippen LogP contribution >= 0.6 is 0 Å². The number of rotatable bonds is 3. The molecule has 20 heavy (non-hydrogen) atoms. The molecule has 2 atom stereocenters. The van der Waals surface area contributed by atoms with Gasteiger partial charge in [-0.1, -0.05) is 37.8 Å². The zero-order valence-electron chi connectivity index (χ0n) is 11.8. The molecule has 0 heterocycles. The molecule has 2 aliphatic carbocycles. The number of carbonyl (C=O) groups is 1. The molecule has 3 heteroatoms. The third-order valence-corrected chi connectivity index (χ3v) is 4.63. The lowest BCUT2D eigenvalue weighted by molar-refractivity contribution is -0.123. The van der Waals surface area contributed by atoms with E-state index in [0.29, 0.717) is 12.0 Å². The smallest absolute Gasteiger partial charge is 0.223 e. The zero-order valence-corrected chi connectivity index (χ0v) is 11.8. The van der Waals surface area contributed by atoms with Crippen molar-refractivity contribution in [1.29, 1.82) is 0 Å². The Morgan fingerprint density at radius 3 is 2.35 bits per heavy atom. The van der Waals surface area contributed by atoms with Crippen LogP contribution in [0.4, 0.5) is 4.39 Å². The monoisotopic (exact) mass is 275 g/mol. The third kappa shape index (κ3) is 3.20. The Morgan fingerprint density at radius 1 is 1.05 bits per heavy atom. The number of carbonyl (C=O) groups excluding carboxylic acids is 1. The average molecular weight is 275 g/mol. The molecule has 0 radical (unpaired) electrons. The number of hydrogen-bond donors (Lipinski definition) is 1. The van der Waals surface area contributed by atoms with Crippen molar-refractivity contribution >= 4 is 5.91 Å². The summed E-state index contributed by atoms with van der Waals surface area (Å²) in [5, 5.41) is 3.22. The summed E-state index contributed by atoms with van der Waals surface area (Å²) < 4.78 is 12.9. The van der Waals surface area contributed by atoms with Gasteiger partial charge in [-0.15, -0.1) is 0 Å². The predicted octanol–water partition coefficient (Wildman–Crippen LogP) is 3.77. The van der Waals surface area contributed by atoms with Gasteiger partial charge in [-0.05, 0) is 42.9 Å². The molecular formula is C17H22FNO. The van der Waals surface area contributed by atoms with Crippen molar-refractivity contribution in [2.45, 2.75) is 56.9 Å². The van der Waals surface area contributed by atoms with Crippen molar-refractivity contribution in [3.8, 4) is 0 Å². The second-order valence-electron chi connectivity index (χ2n) is 6.20. The van der Waals surface area contributed by atoms with E-state index in [1.54, 1.807) is 12.1 Å². The first-order valence-corrected chi connectivity index (χ1v) is 7.80. The Balaban J connectivity index is 1.53. The van der Waals surface area contributed by atoms with Gasteiger partial charge in [0.2, 0.25) is 5.91 Å². The Morgan fingerprint density at radius 2 is 1.70 bits per heavy atom. The maximum Gasteiger partial charge on any atom is 0.223 e. The highest BCUT2D eigenvalue weighted by Gasteiger charge is 2.44. The number of benzene rings is 1. The minimum atomic E-state index is -0.214. The number of amides is 1. The molecule has 0 aliphatic heterocycles. The summed E-state index contributed by atoms with van der Waals surface area (Å²) in [6, 6.07) is 6.94. The van der Waals surface area contributed by atoms with Gasteiger partial charge in [0.15, 0.2) is 0 Å². The van der Waals surface area contributed by atoms with E-state index in [9.17, 15) is 9.18 Å². The number of nitrogens with one attached hydrogen (secondary N) is 1. The molecular weight excluding hydrogens is 253 g/mol. The molecule has 2 unspecified atom stereocenters. The standard InChI is InChI=1S/C17H22FNO/c18-13-9-7-12(8-10-13)15-11-16(15)17(20)19-14-5-3-1-2-4-6-14/h7-10,14-16H,1-6,11H2,(H,19,20). The molecule has 2 nitrogen and oxygen atoms in total. The van der Waals surface area contributed by atoms with Crippen molar-refractivity contribution in [3.63, 3.8) is 0 Å². The fourth-order valence-corrected chi connectivity index (χ4v) is 3.30. The van der Waals surface area contributed by atoms with Crippen LogP contribution in [0.25, 0.3) is 0 Å². The van der Waals surface area contributed by atoms with Crippen LogP contribution in [0, 0.1) is 11.7 Å². The van der Waals surface area contributed by atoms with Gasteiger partial charge < -0.3 is 5.32 Å². The molecule has 0 spiro atoms. The van der Waals surface area contributed by atoms with E-state index in [2.05, 4.69) is 5.32 Å². The van der Waals surface area contributed by atoms with Crippen molar-refractivity contribution < 1.29 is 9.18 Å². The molecule has 3 rings (SSSR count). The fraction of sp³-hybridized carbons (Fsp3) is 0.588. The lowest BCUT2D eigenvalue weighted by Gasteiger charge is -2.16. The average Bonchev–Trinajstić information content (AvgIpc) is 3.23. The van der Waals surface area contributed by atoms with Crippen molar-refractivity contribution in [2.24, 2.45) is 5.92 Å². The maximum absolute atomic E-state index is 12.9. The quantitative estimate of drug-likeness (QED) is 0.836. The zero-order chi connectivity index (χ0) is 13.9. The van der Waals surface area contributed by atoms with Gasteiger partial charge in [0.25, 0.3) is 0 Å². The highest BCUT2D eigenvalue weighted by molar-refractivity contribution is 5.83. The Kier molecular flexibility index (Phi) is 4.04. The topological polar surface area (TPSA) is 29.1 Å². The van der Waals surface area contributed by atoms with Crippen LogP contribution in [0.15, 0.2) is 24.3 Å². The largest absolute Gasteiger partial charge is 0.353 e. The van der Waals surface area contributed by atoms with Gasteiger partial charge in [0, 0.05) is 12.0 Å². The maximum atomic E-state index is 12.9. The molecule has 1 N–H and O–H groups in total. The van der Waals surface area contributed by atoms with E-state index in [0.717, 1.165) is 24.8 Å². The Labute approximate surface area is 119 Å².